The van der Waals surface area contributed by atoms with Crippen molar-refractivity contribution in [2.24, 2.45) is 0 Å². The Balaban J connectivity index is 2.09. The summed E-state index contributed by atoms with van der Waals surface area (Å²) in [5, 5.41) is 8.68. The molecule has 0 saturated heterocycles. The highest BCUT2D eigenvalue weighted by Crippen LogP contribution is 2.22. The van der Waals surface area contributed by atoms with E-state index in [1.54, 1.807) is 0 Å². The Morgan fingerprint density at radius 1 is 1.00 bits per heavy atom. The van der Waals surface area contributed by atoms with Gasteiger partial charge in [0.2, 0.25) is 0 Å². The van der Waals surface area contributed by atoms with Crippen molar-refractivity contribution in [3.8, 4) is 0 Å². The SMILES string of the molecule is Nc1c(CCCC(=O)O)cccc1Cc1ccccc1. The van der Waals surface area contributed by atoms with Crippen molar-refractivity contribution in [1.82, 2.24) is 0 Å². The van der Waals surface area contributed by atoms with E-state index in [9.17, 15) is 4.79 Å². The number of anilines is 1. The third-order valence-corrected chi connectivity index (χ3v) is 3.36. The topological polar surface area (TPSA) is 63.3 Å². The highest BCUT2D eigenvalue weighted by atomic mass is 16.4. The van der Waals surface area contributed by atoms with Crippen LogP contribution in [0, 0.1) is 0 Å². The normalized spacial score (nSPS) is 10.4. The lowest BCUT2D eigenvalue weighted by molar-refractivity contribution is -0.137. The van der Waals surface area contributed by atoms with Crippen LogP contribution in [0.2, 0.25) is 0 Å². The molecule has 20 heavy (non-hydrogen) atoms. The van der Waals surface area contributed by atoms with E-state index < -0.39 is 5.97 Å². The molecule has 0 aliphatic rings. The van der Waals surface area contributed by atoms with E-state index >= 15 is 0 Å². The molecular weight excluding hydrogens is 250 g/mol. The maximum atomic E-state index is 10.6. The summed E-state index contributed by atoms with van der Waals surface area (Å²) in [7, 11) is 0. The van der Waals surface area contributed by atoms with Crippen molar-refractivity contribution in [2.45, 2.75) is 25.7 Å². The van der Waals surface area contributed by atoms with Crippen LogP contribution in [-0.2, 0) is 17.6 Å². The molecule has 0 radical (unpaired) electrons. The molecule has 0 unspecified atom stereocenters. The second-order valence-electron chi connectivity index (χ2n) is 4.90. The number of carboxylic acids is 1. The zero-order valence-electron chi connectivity index (χ0n) is 11.4. The lowest BCUT2D eigenvalue weighted by atomic mass is 9.98. The summed E-state index contributed by atoms with van der Waals surface area (Å²) in [6, 6.07) is 16.2. The van der Waals surface area contributed by atoms with Gasteiger partial charge < -0.3 is 10.8 Å². The van der Waals surface area contributed by atoms with Crippen LogP contribution in [0.3, 0.4) is 0 Å². The molecule has 3 N–H and O–H groups in total. The molecule has 0 aliphatic heterocycles. The van der Waals surface area contributed by atoms with E-state index in [2.05, 4.69) is 12.1 Å². The van der Waals surface area contributed by atoms with Gasteiger partial charge in [0.15, 0.2) is 0 Å². The summed E-state index contributed by atoms with van der Waals surface area (Å²) in [5.41, 5.74) is 10.4. The maximum Gasteiger partial charge on any atom is 0.303 e. The van der Waals surface area contributed by atoms with Gasteiger partial charge in [-0.3, -0.25) is 4.79 Å². The predicted octanol–water partition coefficient (Wildman–Crippen LogP) is 3.27. The van der Waals surface area contributed by atoms with Crippen LogP contribution in [0.1, 0.15) is 29.5 Å². The van der Waals surface area contributed by atoms with Crippen LogP contribution in [0.25, 0.3) is 0 Å². The van der Waals surface area contributed by atoms with E-state index in [1.807, 2.05) is 36.4 Å². The number of nitrogens with two attached hydrogens (primary N) is 1. The number of carboxylic acid groups (broad SMARTS) is 1. The minimum Gasteiger partial charge on any atom is -0.481 e. The summed E-state index contributed by atoms with van der Waals surface area (Å²) < 4.78 is 0. The van der Waals surface area contributed by atoms with Gasteiger partial charge in [-0.1, -0.05) is 48.5 Å². The van der Waals surface area contributed by atoms with E-state index in [0.717, 1.165) is 23.2 Å². The second-order valence-corrected chi connectivity index (χ2v) is 4.90. The summed E-state index contributed by atoms with van der Waals surface area (Å²) in [4.78, 5) is 10.6. The van der Waals surface area contributed by atoms with Gasteiger partial charge in [-0.25, -0.2) is 0 Å². The first-order chi connectivity index (χ1) is 9.66. The molecular formula is C17H19NO2. The number of hydrogen-bond acceptors (Lipinski definition) is 2. The zero-order valence-corrected chi connectivity index (χ0v) is 11.4. The fourth-order valence-corrected chi connectivity index (χ4v) is 2.28. The highest BCUT2D eigenvalue weighted by Gasteiger charge is 2.06. The number of aliphatic carboxylic acids is 1. The molecule has 104 valence electrons. The summed E-state index contributed by atoms with van der Waals surface area (Å²) in [5.74, 6) is -0.760. The molecule has 0 atom stereocenters. The fourth-order valence-electron chi connectivity index (χ4n) is 2.28. The Bertz CT molecular complexity index is 579. The zero-order chi connectivity index (χ0) is 14.4. The van der Waals surface area contributed by atoms with Crippen molar-refractivity contribution in [3.63, 3.8) is 0 Å². The summed E-state index contributed by atoms with van der Waals surface area (Å²) in [6.07, 6.45) is 2.32. The van der Waals surface area contributed by atoms with Gasteiger partial charge in [-0.15, -0.1) is 0 Å². The largest absolute Gasteiger partial charge is 0.481 e. The van der Waals surface area contributed by atoms with Crippen molar-refractivity contribution in [1.29, 1.82) is 0 Å². The molecule has 0 spiro atoms. The Hall–Kier alpha value is -2.29. The van der Waals surface area contributed by atoms with Crippen molar-refractivity contribution >= 4 is 11.7 Å². The Labute approximate surface area is 119 Å². The van der Waals surface area contributed by atoms with Crippen molar-refractivity contribution in [2.75, 3.05) is 5.73 Å². The van der Waals surface area contributed by atoms with Crippen LogP contribution < -0.4 is 5.73 Å². The molecule has 3 heteroatoms. The first-order valence-electron chi connectivity index (χ1n) is 6.79. The van der Waals surface area contributed by atoms with Crippen LogP contribution >= 0.6 is 0 Å². The average Bonchev–Trinajstić information content (AvgIpc) is 2.44. The molecule has 0 fully saturated rings. The van der Waals surface area contributed by atoms with Gasteiger partial charge in [0.05, 0.1) is 0 Å². The van der Waals surface area contributed by atoms with E-state index in [1.165, 1.54) is 5.56 Å². The van der Waals surface area contributed by atoms with Gasteiger partial charge in [0.25, 0.3) is 0 Å². The number of benzene rings is 2. The maximum absolute atomic E-state index is 10.6. The molecule has 0 bridgehead atoms. The first kappa shape index (κ1) is 14.1. The van der Waals surface area contributed by atoms with Gasteiger partial charge in [-0.2, -0.15) is 0 Å². The number of rotatable bonds is 6. The van der Waals surface area contributed by atoms with Crippen molar-refractivity contribution in [3.05, 3.63) is 65.2 Å². The van der Waals surface area contributed by atoms with E-state index in [0.29, 0.717) is 12.8 Å². The third kappa shape index (κ3) is 3.85. The van der Waals surface area contributed by atoms with Crippen LogP contribution in [-0.4, -0.2) is 11.1 Å². The van der Waals surface area contributed by atoms with Gasteiger partial charge >= 0.3 is 5.97 Å². The minimum absolute atomic E-state index is 0.183. The smallest absolute Gasteiger partial charge is 0.303 e. The van der Waals surface area contributed by atoms with Gasteiger partial charge in [0.1, 0.15) is 0 Å². The molecule has 3 nitrogen and oxygen atoms in total. The summed E-state index contributed by atoms with van der Waals surface area (Å²) in [6.45, 7) is 0. The Morgan fingerprint density at radius 3 is 2.40 bits per heavy atom. The molecule has 0 aromatic heterocycles. The first-order valence-corrected chi connectivity index (χ1v) is 6.79. The lowest BCUT2D eigenvalue weighted by Crippen LogP contribution is -2.02. The quantitative estimate of drug-likeness (QED) is 0.791. The Kier molecular flexibility index (Phi) is 4.77. The van der Waals surface area contributed by atoms with E-state index in [4.69, 9.17) is 10.8 Å². The molecule has 0 heterocycles. The molecule has 0 amide bonds. The Morgan fingerprint density at radius 2 is 1.70 bits per heavy atom. The van der Waals surface area contributed by atoms with Crippen LogP contribution in [0.4, 0.5) is 5.69 Å². The number of hydrogen-bond donors (Lipinski definition) is 2. The number of para-hydroxylation sites is 1. The van der Waals surface area contributed by atoms with Gasteiger partial charge in [0, 0.05) is 12.1 Å². The van der Waals surface area contributed by atoms with E-state index in [-0.39, 0.29) is 6.42 Å². The number of aryl methyl sites for hydroxylation is 1. The summed E-state index contributed by atoms with van der Waals surface area (Å²) >= 11 is 0. The van der Waals surface area contributed by atoms with Crippen LogP contribution in [0.5, 0.6) is 0 Å². The molecule has 0 aliphatic carbocycles. The third-order valence-electron chi connectivity index (χ3n) is 3.36. The second kappa shape index (κ2) is 6.75. The standard InChI is InChI=1S/C17H19NO2/c18-17-14(9-5-11-16(19)20)8-4-10-15(17)12-13-6-2-1-3-7-13/h1-4,6-8,10H,5,9,11-12,18H2,(H,19,20). The molecule has 2 aromatic carbocycles. The predicted molar refractivity (Wildman–Crippen MR) is 80.7 cm³/mol. The number of nitrogen functional groups attached to an aromatic ring is 1. The van der Waals surface area contributed by atoms with Crippen molar-refractivity contribution < 1.29 is 9.90 Å². The molecule has 0 saturated carbocycles. The fraction of sp³-hybridized carbons (Fsp3) is 0.235. The highest BCUT2D eigenvalue weighted by molar-refractivity contribution is 5.66. The monoisotopic (exact) mass is 269 g/mol. The minimum atomic E-state index is -0.760. The van der Waals surface area contributed by atoms with Crippen LogP contribution in [0.15, 0.2) is 48.5 Å². The number of carbonyl (C=O) groups is 1. The molecule has 2 aromatic rings. The van der Waals surface area contributed by atoms with Gasteiger partial charge in [-0.05, 0) is 36.0 Å². The lowest BCUT2D eigenvalue weighted by Gasteiger charge is -2.11. The molecule has 2 rings (SSSR count). The average molecular weight is 269 g/mol.